The maximum absolute atomic E-state index is 11.8. The van der Waals surface area contributed by atoms with Crippen LogP contribution in [0.15, 0.2) is 0 Å². The van der Waals surface area contributed by atoms with Crippen LogP contribution in [0, 0.1) is 0 Å². The second-order valence-corrected chi connectivity index (χ2v) is 6.70. The van der Waals surface area contributed by atoms with Crippen LogP contribution in [-0.2, 0) is 4.74 Å². The molecule has 1 aliphatic carbocycles. The molecule has 0 bridgehead atoms. The summed E-state index contributed by atoms with van der Waals surface area (Å²) >= 11 is 1.41. The first-order valence-corrected chi connectivity index (χ1v) is 8.84. The van der Waals surface area contributed by atoms with Gasteiger partial charge in [-0.15, -0.1) is 10.2 Å². The van der Waals surface area contributed by atoms with Crippen LogP contribution in [-0.4, -0.2) is 60.0 Å². The van der Waals surface area contributed by atoms with Crippen LogP contribution in [0.25, 0.3) is 0 Å². The lowest BCUT2D eigenvalue weighted by molar-refractivity contribution is 0.114. The van der Waals surface area contributed by atoms with Crippen LogP contribution in [0.5, 0.6) is 0 Å². The summed E-state index contributed by atoms with van der Waals surface area (Å²) < 4.78 is 5.37. The summed E-state index contributed by atoms with van der Waals surface area (Å²) in [5.41, 5.74) is 0. The highest BCUT2D eigenvalue weighted by molar-refractivity contribution is 7.19. The van der Waals surface area contributed by atoms with E-state index < -0.39 is 6.09 Å². The Balaban J connectivity index is 1.49. The van der Waals surface area contributed by atoms with Gasteiger partial charge in [0.15, 0.2) is 0 Å². The first-order valence-electron chi connectivity index (χ1n) is 8.03. The van der Waals surface area contributed by atoms with Crippen molar-refractivity contribution in [3.63, 3.8) is 0 Å². The predicted octanol–water partition coefficient (Wildman–Crippen LogP) is 2.17. The molecule has 2 aliphatic rings. The van der Waals surface area contributed by atoms with Crippen LogP contribution in [0.4, 0.5) is 15.1 Å². The summed E-state index contributed by atoms with van der Waals surface area (Å²) in [7, 11) is 0. The number of nitrogens with zero attached hydrogens (tertiary/aromatic N) is 4. The van der Waals surface area contributed by atoms with Crippen molar-refractivity contribution in [3.05, 3.63) is 0 Å². The van der Waals surface area contributed by atoms with Gasteiger partial charge in [-0.2, -0.15) is 0 Å². The number of amides is 1. The average molecular weight is 325 g/mol. The van der Waals surface area contributed by atoms with Crippen molar-refractivity contribution >= 4 is 27.7 Å². The van der Waals surface area contributed by atoms with E-state index in [1.807, 2.05) is 0 Å². The summed E-state index contributed by atoms with van der Waals surface area (Å²) in [6.07, 6.45) is 3.88. The average Bonchev–Trinajstić information content (AvgIpc) is 3.19. The van der Waals surface area contributed by atoms with Gasteiger partial charge in [-0.3, -0.25) is 5.32 Å². The molecule has 1 N–H and O–H groups in total. The molecule has 0 radical (unpaired) electrons. The molecule has 0 spiro atoms. The highest BCUT2D eigenvalue weighted by Gasteiger charge is 2.22. The Bertz CT molecular complexity index is 495. The molecular formula is C14H23N5O2S. The molecule has 3 rings (SSSR count). The topological polar surface area (TPSA) is 70.6 Å². The number of likely N-dealkylation sites (N-methyl/N-ethyl adjacent to an activating group) is 1. The molecule has 1 saturated carbocycles. The van der Waals surface area contributed by atoms with Crippen LogP contribution in [0.3, 0.4) is 0 Å². The number of anilines is 2. The van der Waals surface area contributed by atoms with Crippen LogP contribution >= 0.6 is 11.3 Å². The van der Waals surface area contributed by atoms with E-state index in [1.165, 1.54) is 11.3 Å². The number of piperazine rings is 1. The van der Waals surface area contributed by atoms with E-state index in [9.17, 15) is 4.79 Å². The van der Waals surface area contributed by atoms with E-state index in [-0.39, 0.29) is 6.10 Å². The normalized spacial score (nSPS) is 20.3. The van der Waals surface area contributed by atoms with E-state index in [0.29, 0.717) is 5.13 Å². The Kier molecular flexibility index (Phi) is 5.09. The number of carbonyl (C=O) groups is 1. The number of hydrogen-bond acceptors (Lipinski definition) is 7. The van der Waals surface area contributed by atoms with E-state index in [4.69, 9.17) is 4.74 Å². The molecule has 122 valence electrons. The second-order valence-electron chi connectivity index (χ2n) is 5.75. The molecule has 1 amide bonds. The SMILES string of the molecule is CCN1CCN(c2nnc(NC(=O)OC3CCCC3)s2)CC1. The molecule has 1 aliphatic heterocycles. The third-order valence-corrected chi connectivity index (χ3v) is 5.19. The second kappa shape index (κ2) is 7.23. The zero-order chi connectivity index (χ0) is 15.4. The fourth-order valence-corrected chi connectivity index (χ4v) is 3.71. The third kappa shape index (κ3) is 3.86. The van der Waals surface area contributed by atoms with Crippen molar-refractivity contribution in [1.82, 2.24) is 15.1 Å². The standard InChI is InChI=1S/C14H23N5O2S/c1-2-18-7-9-19(10-8-18)13-17-16-12(22-13)15-14(20)21-11-5-3-4-6-11/h11H,2-10H2,1H3,(H,15,16,20). The lowest BCUT2D eigenvalue weighted by Gasteiger charge is -2.33. The molecule has 2 heterocycles. The van der Waals surface area contributed by atoms with Gasteiger partial charge in [-0.25, -0.2) is 4.79 Å². The largest absolute Gasteiger partial charge is 0.446 e. The maximum Gasteiger partial charge on any atom is 0.413 e. The first kappa shape index (κ1) is 15.5. The predicted molar refractivity (Wildman–Crippen MR) is 86.6 cm³/mol. The Morgan fingerprint density at radius 3 is 2.68 bits per heavy atom. The number of nitrogens with one attached hydrogen (secondary N) is 1. The van der Waals surface area contributed by atoms with Gasteiger partial charge in [-0.05, 0) is 32.2 Å². The summed E-state index contributed by atoms with van der Waals surface area (Å²) in [5, 5.41) is 12.3. The summed E-state index contributed by atoms with van der Waals surface area (Å²) in [5.74, 6) is 0. The van der Waals surface area contributed by atoms with Gasteiger partial charge >= 0.3 is 6.09 Å². The molecule has 1 saturated heterocycles. The van der Waals surface area contributed by atoms with Gasteiger partial charge < -0.3 is 14.5 Å². The number of hydrogen-bond donors (Lipinski definition) is 1. The van der Waals surface area contributed by atoms with Crippen LogP contribution in [0.1, 0.15) is 32.6 Å². The lowest BCUT2D eigenvalue weighted by atomic mass is 10.3. The monoisotopic (exact) mass is 325 g/mol. The van der Waals surface area contributed by atoms with Gasteiger partial charge in [0, 0.05) is 26.2 Å². The summed E-state index contributed by atoms with van der Waals surface area (Å²) in [6, 6.07) is 0. The fourth-order valence-electron chi connectivity index (χ4n) is 2.92. The maximum atomic E-state index is 11.8. The molecule has 0 aromatic carbocycles. The van der Waals surface area contributed by atoms with Crippen molar-refractivity contribution in [2.24, 2.45) is 0 Å². The number of rotatable bonds is 4. The number of carbonyl (C=O) groups excluding carboxylic acids is 1. The highest BCUT2D eigenvalue weighted by atomic mass is 32.1. The zero-order valence-electron chi connectivity index (χ0n) is 13.0. The Morgan fingerprint density at radius 2 is 2.00 bits per heavy atom. The minimum Gasteiger partial charge on any atom is -0.446 e. The molecule has 1 aromatic heterocycles. The molecular weight excluding hydrogens is 302 g/mol. The van der Waals surface area contributed by atoms with Gasteiger partial charge in [0.1, 0.15) is 6.10 Å². The van der Waals surface area contributed by atoms with Crippen LogP contribution in [0.2, 0.25) is 0 Å². The van der Waals surface area contributed by atoms with Gasteiger partial charge in [-0.1, -0.05) is 18.3 Å². The van der Waals surface area contributed by atoms with Crippen molar-refractivity contribution in [3.8, 4) is 0 Å². The van der Waals surface area contributed by atoms with Crippen molar-refractivity contribution in [2.45, 2.75) is 38.7 Å². The van der Waals surface area contributed by atoms with Crippen molar-refractivity contribution < 1.29 is 9.53 Å². The summed E-state index contributed by atoms with van der Waals surface area (Å²) in [6.45, 7) is 7.26. The molecule has 22 heavy (non-hydrogen) atoms. The fraction of sp³-hybridized carbons (Fsp3) is 0.786. The van der Waals surface area contributed by atoms with Gasteiger partial charge in [0.05, 0.1) is 0 Å². The van der Waals surface area contributed by atoms with Crippen LogP contribution < -0.4 is 10.2 Å². The molecule has 2 fully saturated rings. The number of ether oxygens (including phenoxy) is 1. The quantitative estimate of drug-likeness (QED) is 0.915. The molecule has 7 nitrogen and oxygen atoms in total. The van der Waals surface area contributed by atoms with Crippen molar-refractivity contribution in [2.75, 3.05) is 42.9 Å². The molecule has 0 atom stereocenters. The van der Waals surface area contributed by atoms with Gasteiger partial charge in [0.2, 0.25) is 10.3 Å². The Morgan fingerprint density at radius 1 is 1.27 bits per heavy atom. The van der Waals surface area contributed by atoms with E-state index >= 15 is 0 Å². The Hall–Kier alpha value is -1.41. The first-order chi connectivity index (χ1) is 10.7. The van der Waals surface area contributed by atoms with E-state index in [1.54, 1.807) is 0 Å². The third-order valence-electron chi connectivity index (χ3n) is 4.29. The lowest BCUT2D eigenvalue weighted by Crippen LogP contribution is -2.46. The number of aromatic nitrogens is 2. The smallest absolute Gasteiger partial charge is 0.413 e. The minimum absolute atomic E-state index is 0.0644. The van der Waals surface area contributed by atoms with E-state index in [2.05, 4.69) is 32.2 Å². The summed E-state index contributed by atoms with van der Waals surface area (Å²) in [4.78, 5) is 16.5. The van der Waals surface area contributed by atoms with Crippen molar-refractivity contribution in [1.29, 1.82) is 0 Å². The highest BCUT2D eigenvalue weighted by Crippen LogP contribution is 2.26. The van der Waals surface area contributed by atoms with Gasteiger partial charge in [0.25, 0.3) is 0 Å². The molecule has 8 heteroatoms. The minimum atomic E-state index is -0.412. The molecule has 0 unspecified atom stereocenters. The zero-order valence-corrected chi connectivity index (χ0v) is 13.8. The van der Waals surface area contributed by atoms with E-state index in [0.717, 1.165) is 63.5 Å². The Labute approximate surface area is 134 Å². The molecule has 1 aromatic rings.